The summed E-state index contributed by atoms with van der Waals surface area (Å²) in [6, 6.07) is 9.96. The van der Waals surface area contributed by atoms with Crippen molar-refractivity contribution in [1.82, 2.24) is 0 Å². The smallest absolute Gasteiger partial charge is 0.0777 e. The summed E-state index contributed by atoms with van der Waals surface area (Å²) >= 11 is 5.17. The van der Waals surface area contributed by atoms with Crippen molar-refractivity contribution in [3.8, 4) is 11.1 Å². The first-order valence-electron chi connectivity index (χ1n) is 3.87. The highest BCUT2D eigenvalue weighted by Crippen LogP contribution is 2.35. The van der Waals surface area contributed by atoms with Crippen molar-refractivity contribution in [3.63, 3.8) is 0 Å². The number of hydrogen-bond acceptors (Lipinski definition) is 2. The number of anilines is 1. The summed E-state index contributed by atoms with van der Waals surface area (Å²) in [5, 5.41) is 2.05. The summed E-state index contributed by atoms with van der Waals surface area (Å²) in [5.41, 5.74) is 8.95. The lowest BCUT2D eigenvalue weighted by Gasteiger charge is -2.02. The summed E-state index contributed by atoms with van der Waals surface area (Å²) in [5.74, 6) is 0. The Morgan fingerprint density at radius 1 is 1.08 bits per heavy atom. The van der Waals surface area contributed by atoms with Crippen LogP contribution < -0.4 is 5.73 Å². The third-order valence-electron chi connectivity index (χ3n) is 1.87. The van der Waals surface area contributed by atoms with Gasteiger partial charge in [-0.2, -0.15) is 0 Å². The molecular formula is C10H8BrNS. The van der Waals surface area contributed by atoms with Crippen LogP contribution in [0.25, 0.3) is 11.1 Å². The molecule has 1 nitrogen and oxygen atoms in total. The fourth-order valence-corrected chi connectivity index (χ4v) is 2.53. The Morgan fingerprint density at radius 3 is 2.46 bits per heavy atom. The Bertz CT molecular complexity index is 422. The molecule has 0 fully saturated rings. The number of rotatable bonds is 1. The van der Waals surface area contributed by atoms with Crippen LogP contribution in [0.1, 0.15) is 0 Å². The minimum Gasteiger partial charge on any atom is -0.398 e. The van der Waals surface area contributed by atoms with Crippen molar-refractivity contribution >= 4 is 33.0 Å². The molecule has 2 N–H and O–H groups in total. The molecule has 1 aromatic carbocycles. The van der Waals surface area contributed by atoms with E-state index in [9.17, 15) is 0 Å². The number of benzene rings is 1. The Hall–Kier alpha value is -0.800. The van der Waals surface area contributed by atoms with Crippen LogP contribution in [0, 0.1) is 0 Å². The van der Waals surface area contributed by atoms with Crippen molar-refractivity contribution in [1.29, 1.82) is 0 Å². The van der Waals surface area contributed by atoms with Gasteiger partial charge in [0.1, 0.15) is 0 Å². The Kier molecular flexibility index (Phi) is 2.38. The van der Waals surface area contributed by atoms with Crippen LogP contribution in [0.5, 0.6) is 0 Å². The van der Waals surface area contributed by atoms with E-state index in [1.165, 1.54) is 5.56 Å². The Morgan fingerprint density at radius 2 is 1.85 bits per heavy atom. The van der Waals surface area contributed by atoms with E-state index in [0.717, 1.165) is 15.0 Å². The van der Waals surface area contributed by atoms with Crippen LogP contribution in [0.15, 0.2) is 39.5 Å². The molecule has 0 unspecified atom stereocenters. The van der Waals surface area contributed by atoms with Gasteiger partial charge in [0, 0.05) is 16.8 Å². The average Bonchev–Trinajstić information content (AvgIpc) is 2.52. The molecule has 0 aliphatic rings. The standard InChI is InChI=1S/C10H8BrNS/c11-10-8(5-6-13-10)7-3-1-2-4-9(7)12/h1-6H,12H2. The van der Waals surface area contributed by atoms with Gasteiger partial charge in [-0.15, -0.1) is 11.3 Å². The van der Waals surface area contributed by atoms with Gasteiger partial charge in [-0.1, -0.05) is 18.2 Å². The summed E-state index contributed by atoms with van der Waals surface area (Å²) in [7, 11) is 0. The molecule has 0 bridgehead atoms. The molecule has 66 valence electrons. The third kappa shape index (κ3) is 1.62. The van der Waals surface area contributed by atoms with Crippen molar-refractivity contribution in [2.24, 2.45) is 0 Å². The maximum absolute atomic E-state index is 5.86. The number of hydrogen-bond donors (Lipinski definition) is 1. The topological polar surface area (TPSA) is 26.0 Å². The zero-order chi connectivity index (χ0) is 9.26. The lowest BCUT2D eigenvalue weighted by molar-refractivity contribution is 1.65. The average molecular weight is 254 g/mol. The quantitative estimate of drug-likeness (QED) is 0.770. The van der Waals surface area contributed by atoms with E-state index in [0.29, 0.717) is 0 Å². The van der Waals surface area contributed by atoms with Crippen LogP contribution >= 0.6 is 27.3 Å². The van der Waals surface area contributed by atoms with Gasteiger partial charge in [-0.25, -0.2) is 0 Å². The predicted octanol–water partition coefficient (Wildman–Crippen LogP) is 3.76. The van der Waals surface area contributed by atoms with E-state index in [4.69, 9.17) is 5.73 Å². The normalized spacial score (nSPS) is 10.2. The van der Waals surface area contributed by atoms with Crippen molar-refractivity contribution in [2.75, 3.05) is 5.73 Å². The molecule has 0 aliphatic carbocycles. The largest absolute Gasteiger partial charge is 0.398 e. The van der Waals surface area contributed by atoms with Crippen LogP contribution in [0.4, 0.5) is 5.69 Å². The lowest BCUT2D eigenvalue weighted by atomic mass is 10.1. The molecular weight excluding hydrogens is 246 g/mol. The number of para-hydroxylation sites is 1. The monoisotopic (exact) mass is 253 g/mol. The third-order valence-corrected chi connectivity index (χ3v) is 3.56. The molecule has 13 heavy (non-hydrogen) atoms. The van der Waals surface area contributed by atoms with Crippen LogP contribution in [-0.4, -0.2) is 0 Å². The minimum atomic E-state index is 0.821. The maximum Gasteiger partial charge on any atom is 0.0777 e. The first kappa shape index (κ1) is 8.78. The van der Waals surface area contributed by atoms with Gasteiger partial charge in [-0.05, 0) is 33.4 Å². The molecule has 1 heterocycles. The highest BCUT2D eigenvalue weighted by Gasteiger charge is 2.05. The van der Waals surface area contributed by atoms with E-state index < -0.39 is 0 Å². The number of halogens is 1. The second-order valence-electron chi connectivity index (χ2n) is 2.70. The molecule has 2 rings (SSSR count). The van der Waals surface area contributed by atoms with Crippen molar-refractivity contribution < 1.29 is 0 Å². The highest BCUT2D eigenvalue weighted by atomic mass is 79.9. The lowest BCUT2D eigenvalue weighted by Crippen LogP contribution is -1.87. The van der Waals surface area contributed by atoms with Crippen molar-refractivity contribution in [3.05, 3.63) is 39.5 Å². The highest BCUT2D eigenvalue weighted by molar-refractivity contribution is 9.11. The second-order valence-corrected chi connectivity index (χ2v) is 4.93. The molecule has 0 amide bonds. The van der Waals surface area contributed by atoms with Crippen LogP contribution in [0.2, 0.25) is 0 Å². The molecule has 0 aliphatic heterocycles. The van der Waals surface area contributed by atoms with Crippen molar-refractivity contribution in [2.45, 2.75) is 0 Å². The molecule has 1 aromatic heterocycles. The zero-order valence-corrected chi connectivity index (χ0v) is 9.23. The van der Waals surface area contributed by atoms with E-state index >= 15 is 0 Å². The van der Waals surface area contributed by atoms with Crippen LogP contribution in [-0.2, 0) is 0 Å². The Balaban J connectivity index is 2.59. The Labute approximate surface area is 89.3 Å². The van der Waals surface area contributed by atoms with Gasteiger partial charge >= 0.3 is 0 Å². The van der Waals surface area contributed by atoms with Gasteiger partial charge in [0.15, 0.2) is 0 Å². The molecule has 2 aromatic rings. The van der Waals surface area contributed by atoms with Crippen LogP contribution in [0.3, 0.4) is 0 Å². The molecule has 0 atom stereocenters. The summed E-state index contributed by atoms with van der Waals surface area (Å²) < 4.78 is 1.13. The molecule has 0 radical (unpaired) electrons. The number of nitrogens with two attached hydrogens (primary N) is 1. The number of thiophene rings is 1. The summed E-state index contributed by atoms with van der Waals surface area (Å²) in [6.45, 7) is 0. The summed E-state index contributed by atoms with van der Waals surface area (Å²) in [4.78, 5) is 0. The summed E-state index contributed by atoms with van der Waals surface area (Å²) in [6.07, 6.45) is 0. The fourth-order valence-electron chi connectivity index (χ4n) is 1.23. The first-order chi connectivity index (χ1) is 6.29. The predicted molar refractivity (Wildman–Crippen MR) is 61.9 cm³/mol. The number of nitrogen functional groups attached to an aromatic ring is 1. The molecule has 0 saturated heterocycles. The first-order valence-corrected chi connectivity index (χ1v) is 5.54. The minimum absolute atomic E-state index is 0.821. The van der Waals surface area contributed by atoms with Gasteiger partial charge in [0.25, 0.3) is 0 Å². The molecule has 3 heteroatoms. The SMILES string of the molecule is Nc1ccccc1-c1ccsc1Br. The fraction of sp³-hybridized carbons (Fsp3) is 0. The van der Waals surface area contributed by atoms with Gasteiger partial charge < -0.3 is 5.73 Å². The van der Waals surface area contributed by atoms with Gasteiger partial charge in [0.2, 0.25) is 0 Å². The van der Waals surface area contributed by atoms with Gasteiger partial charge in [0.05, 0.1) is 3.79 Å². The molecule has 0 saturated carbocycles. The van der Waals surface area contributed by atoms with E-state index in [1.807, 2.05) is 29.6 Å². The zero-order valence-electron chi connectivity index (χ0n) is 6.83. The van der Waals surface area contributed by atoms with E-state index in [-0.39, 0.29) is 0 Å². The van der Waals surface area contributed by atoms with Gasteiger partial charge in [-0.3, -0.25) is 0 Å². The second kappa shape index (κ2) is 3.52. The van der Waals surface area contributed by atoms with E-state index in [2.05, 4.69) is 22.0 Å². The maximum atomic E-state index is 5.86. The molecule has 0 spiro atoms. The van der Waals surface area contributed by atoms with E-state index in [1.54, 1.807) is 11.3 Å².